The van der Waals surface area contributed by atoms with Crippen LogP contribution in [0.4, 0.5) is 5.13 Å². The monoisotopic (exact) mass is 447 g/mol. The quantitative estimate of drug-likeness (QED) is 0.212. The van der Waals surface area contributed by atoms with Gasteiger partial charge in [-0.3, -0.25) is 5.43 Å². The van der Waals surface area contributed by atoms with Gasteiger partial charge in [-0.05, 0) is 35.4 Å². The van der Waals surface area contributed by atoms with Crippen molar-refractivity contribution in [2.45, 2.75) is 0 Å². The van der Waals surface area contributed by atoms with Crippen LogP contribution in [0.2, 0.25) is 5.02 Å². The van der Waals surface area contributed by atoms with Crippen LogP contribution < -0.4 is 5.43 Å². The lowest BCUT2D eigenvalue weighted by Crippen LogP contribution is -2.00. The first-order valence-corrected chi connectivity index (χ1v) is 10.6. The van der Waals surface area contributed by atoms with Gasteiger partial charge in [0.1, 0.15) is 0 Å². The van der Waals surface area contributed by atoms with Crippen LogP contribution in [0.25, 0.3) is 21.7 Å². The van der Waals surface area contributed by atoms with Crippen LogP contribution >= 0.6 is 22.9 Å². The summed E-state index contributed by atoms with van der Waals surface area (Å²) in [6.45, 7) is 0. The van der Waals surface area contributed by atoms with Crippen LogP contribution in [0, 0.1) is 0 Å². The van der Waals surface area contributed by atoms with E-state index in [1.54, 1.807) is 30.5 Å². The molecule has 0 radical (unpaired) electrons. The Labute approximate surface area is 189 Å². The number of carbonyl (C=O) groups excluding carboxylic acids is 1. The summed E-state index contributed by atoms with van der Waals surface area (Å²) in [5.41, 5.74) is 7.30. The minimum atomic E-state index is -0.368. The maximum atomic E-state index is 11.5. The van der Waals surface area contributed by atoms with Crippen molar-refractivity contribution in [2.24, 2.45) is 5.10 Å². The zero-order valence-corrected chi connectivity index (χ0v) is 18.2. The third kappa shape index (κ3) is 4.99. The zero-order chi connectivity index (χ0) is 21.6. The molecule has 0 aliphatic heterocycles. The van der Waals surface area contributed by atoms with Gasteiger partial charge in [-0.1, -0.05) is 77.5 Å². The molecule has 0 atom stereocenters. The van der Waals surface area contributed by atoms with E-state index in [1.165, 1.54) is 18.4 Å². The van der Waals surface area contributed by atoms with E-state index in [0.29, 0.717) is 15.7 Å². The molecule has 0 fully saturated rings. The van der Waals surface area contributed by atoms with E-state index in [4.69, 9.17) is 21.3 Å². The Morgan fingerprint density at radius 1 is 1.00 bits per heavy atom. The molecule has 31 heavy (non-hydrogen) atoms. The molecule has 4 aromatic rings. The van der Waals surface area contributed by atoms with E-state index in [0.717, 1.165) is 27.3 Å². The number of anilines is 1. The predicted octanol–water partition coefficient (Wildman–Crippen LogP) is 6.36. The largest absolute Gasteiger partial charge is 0.465 e. The molecule has 0 aliphatic carbocycles. The van der Waals surface area contributed by atoms with Crippen LogP contribution in [0.1, 0.15) is 15.9 Å². The van der Waals surface area contributed by atoms with Gasteiger partial charge in [-0.15, -0.1) is 0 Å². The fourth-order valence-corrected chi connectivity index (χ4v) is 4.01. The summed E-state index contributed by atoms with van der Waals surface area (Å²) in [6.07, 6.45) is 1.67. The summed E-state index contributed by atoms with van der Waals surface area (Å²) in [4.78, 5) is 17.3. The number of thiazole rings is 1. The van der Waals surface area contributed by atoms with Crippen LogP contribution in [0.15, 0.2) is 84.0 Å². The lowest BCUT2D eigenvalue weighted by molar-refractivity contribution is 0.0600. The fraction of sp³-hybridized carbons (Fsp3) is 0.0417. The number of ether oxygens (including phenoxy) is 1. The van der Waals surface area contributed by atoms with Crippen molar-refractivity contribution in [1.29, 1.82) is 0 Å². The Morgan fingerprint density at radius 2 is 1.71 bits per heavy atom. The molecule has 0 aliphatic rings. The lowest BCUT2D eigenvalue weighted by atomic mass is 10.1. The van der Waals surface area contributed by atoms with E-state index in [2.05, 4.69) is 10.5 Å². The highest BCUT2D eigenvalue weighted by Gasteiger charge is 2.14. The summed E-state index contributed by atoms with van der Waals surface area (Å²) < 4.78 is 4.71. The van der Waals surface area contributed by atoms with Crippen LogP contribution in [-0.2, 0) is 4.74 Å². The fourth-order valence-electron chi connectivity index (χ4n) is 2.94. The van der Waals surface area contributed by atoms with Gasteiger partial charge in [-0.2, -0.15) is 5.10 Å². The second kappa shape index (κ2) is 9.55. The summed E-state index contributed by atoms with van der Waals surface area (Å²) in [5, 5.41) is 5.66. The molecule has 4 rings (SSSR count). The molecular formula is C24H18ClN3O2S. The summed E-state index contributed by atoms with van der Waals surface area (Å²) in [6, 6.07) is 24.7. The molecule has 3 aromatic carbocycles. The molecule has 1 aromatic heterocycles. The van der Waals surface area contributed by atoms with Gasteiger partial charge in [0.15, 0.2) is 0 Å². The van der Waals surface area contributed by atoms with Gasteiger partial charge in [-0.25, -0.2) is 9.78 Å². The zero-order valence-electron chi connectivity index (χ0n) is 16.6. The van der Waals surface area contributed by atoms with Crippen LogP contribution in [0.3, 0.4) is 0 Å². The number of esters is 1. The minimum Gasteiger partial charge on any atom is -0.465 e. The minimum absolute atomic E-state index is 0.368. The van der Waals surface area contributed by atoms with Crippen LogP contribution in [-0.4, -0.2) is 24.3 Å². The van der Waals surface area contributed by atoms with Crippen molar-refractivity contribution in [1.82, 2.24) is 4.98 Å². The maximum absolute atomic E-state index is 11.5. The van der Waals surface area contributed by atoms with Gasteiger partial charge in [0.2, 0.25) is 5.13 Å². The second-order valence-electron chi connectivity index (χ2n) is 6.55. The number of hydrogen-bond donors (Lipinski definition) is 1. The molecule has 0 bridgehead atoms. The lowest BCUT2D eigenvalue weighted by Gasteiger charge is -2.02. The number of nitrogens with one attached hydrogen (secondary N) is 1. The molecule has 1 N–H and O–H groups in total. The number of aromatic nitrogens is 1. The van der Waals surface area contributed by atoms with E-state index in [1.807, 2.05) is 54.6 Å². The maximum Gasteiger partial charge on any atom is 0.337 e. The highest BCUT2D eigenvalue weighted by atomic mass is 35.5. The first-order valence-electron chi connectivity index (χ1n) is 9.43. The van der Waals surface area contributed by atoms with E-state index in [9.17, 15) is 4.79 Å². The van der Waals surface area contributed by atoms with E-state index < -0.39 is 0 Å². The SMILES string of the molecule is COC(=O)c1ccc(/C=N\Nc2nc(-c3ccccc3)c(-c3ccc(Cl)cc3)s2)cc1. The topological polar surface area (TPSA) is 63.6 Å². The number of rotatable bonds is 6. The number of halogens is 1. The van der Waals surface area contributed by atoms with Gasteiger partial charge in [0.25, 0.3) is 0 Å². The number of benzene rings is 3. The Bertz CT molecular complexity index is 1200. The molecule has 7 heteroatoms. The van der Waals surface area contributed by atoms with Crippen molar-refractivity contribution in [3.8, 4) is 21.7 Å². The van der Waals surface area contributed by atoms with Gasteiger partial charge in [0.05, 0.1) is 29.5 Å². The Balaban J connectivity index is 1.58. The van der Waals surface area contributed by atoms with Gasteiger partial charge >= 0.3 is 5.97 Å². The number of hydrazone groups is 1. The highest BCUT2D eigenvalue weighted by Crippen LogP contribution is 2.39. The Morgan fingerprint density at radius 3 is 2.39 bits per heavy atom. The average molecular weight is 448 g/mol. The van der Waals surface area contributed by atoms with Gasteiger partial charge < -0.3 is 4.74 Å². The van der Waals surface area contributed by atoms with E-state index >= 15 is 0 Å². The second-order valence-corrected chi connectivity index (χ2v) is 7.99. The normalized spacial score (nSPS) is 10.9. The standard InChI is InChI=1S/C24H18ClN3O2S/c1-30-23(29)19-9-7-16(8-10-19)15-26-28-24-27-21(17-5-3-2-4-6-17)22(31-24)18-11-13-20(25)14-12-18/h2-15H,1H3,(H,27,28)/b26-15-. The first kappa shape index (κ1) is 20.8. The average Bonchev–Trinajstić information content (AvgIpc) is 3.24. The third-order valence-corrected chi connectivity index (χ3v) is 5.75. The number of methoxy groups -OCH3 is 1. The molecule has 5 nitrogen and oxygen atoms in total. The number of nitrogens with zero attached hydrogens (tertiary/aromatic N) is 2. The molecule has 0 unspecified atom stereocenters. The molecule has 0 amide bonds. The highest BCUT2D eigenvalue weighted by molar-refractivity contribution is 7.19. The predicted molar refractivity (Wildman–Crippen MR) is 127 cm³/mol. The first-order chi connectivity index (χ1) is 15.1. The van der Waals surface area contributed by atoms with Crippen molar-refractivity contribution in [3.05, 3.63) is 95.0 Å². The number of hydrogen-bond acceptors (Lipinski definition) is 6. The van der Waals surface area contributed by atoms with E-state index in [-0.39, 0.29) is 5.97 Å². The summed E-state index contributed by atoms with van der Waals surface area (Å²) in [5.74, 6) is -0.368. The molecule has 0 saturated heterocycles. The molecule has 154 valence electrons. The van der Waals surface area contributed by atoms with Crippen molar-refractivity contribution in [3.63, 3.8) is 0 Å². The molecule has 0 spiro atoms. The number of carbonyl (C=O) groups is 1. The Kier molecular flexibility index (Phi) is 6.40. The third-order valence-electron chi connectivity index (χ3n) is 4.49. The molecular weight excluding hydrogens is 430 g/mol. The molecule has 1 heterocycles. The smallest absolute Gasteiger partial charge is 0.337 e. The van der Waals surface area contributed by atoms with Gasteiger partial charge in [0, 0.05) is 10.6 Å². The van der Waals surface area contributed by atoms with Crippen molar-refractivity contribution in [2.75, 3.05) is 12.5 Å². The van der Waals surface area contributed by atoms with Crippen molar-refractivity contribution >= 4 is 40.3 Å². The Hall–Kier alpha value is -3.48. The summed E-state index contributed by atoms with van der Waals surface area (Å²) in [7, 11) is 1.36. The summed E-state index contributed by atoms with van der Waals surface area (Å²) >= 11 is 7.57. The molecule has 0 saturated carbocycles. The van der Waals surface area contributed by atoms with Crippen LogP contribution in [0.5, 0.6) is 0 Å². The van der Waals surface area contributed by atoms with Crippen molar-refractivity contribution < 1.29 is 9.53 Å².